The lowest BCUT2D eigenvalue weighted by Gasteiger charge is -2.26. The molecule has 96 valence electrons. The second kappa shape index (κ2) is 4.94. The Hall–Kier alpha value is -1.61. The molecule has 0 saturated carbocycles. The van der Waals surface area contributed by atoms with Crippen LogP contribution in [0.2, 0.25) is 0 Å². The van der Waals surface area contributed by atoms with Gasteiger partial charge in [0.25, 0.3) is 0 Å². The number of carbonyl (C=O) groups excluding carboxylic acids is 1. The maximum atomic E-state index is 11.5. The molecule has 1 aliphatic heterocycles. The van der Waals surface area contributed by atoms with Gasteiger partial charge in [-0.1, -0.05) is 36.4 Å². The van der Waals surface area contributed by atoms with Crippen LogP contribution in [0.1, 0.15) is 18.9 Å². The van der Waals surface area contributed by atoms with Crippen molar-refractivity contribution in [3.8, 4) is 0 Å². The van der Waals surface area contributed by atoms with E-state index in [1.165, 1.54) is 5.56 Å². The Balaban J connectivity index is 2.05. The molecule has 1 aromatic carbocycles. The number of cyclic esters (lactones) is 1. The lowest BCUT2D eigenvalue weighted by molar-refractivity contribution is -0.147. The highest BCUT2D eigenvalue weighted by Gasteiger charge is 2.51. The molecule has 1 N–H and O–H groups in total. The molecule has 0 radical (unpaired) electrons. The Morgan fingerprint density at radius 2 is 2.11 bits per heavy atom. The third-order valence-corrected chi connectivity index (χ3v) is 3.74. The van der Waals surface area contributed by atoms with Crippen LogP contribution in [0.4, 0.5) is 0 Å². The van der Waals surface area contributed by atoms with Crippen molar-refractivity contribution < 1.29 is 14.6 Å². The molecule has 1 aliphatic rings. The van der Waals surface area contributed by atoms with Gasteiger partial charge in [0.15, 0.2) is 6.10 Å². The van der Waals surface area contributed by atoms with Gasteiger partial charge < -0.3 is 9.84 Å². The minimum atomic E-state index is -1.10. The number of carbonyl (C=O) groups is 1. The topological polar surface area (TPSA) is 46.5 Å². The Kier molecular flexibility index (Phi) is 3.53. The number of rotatable bonds is 4. The minimum absolute atomic E-state index is 0.308. The van der Waals surface area contributed by atoms with Crippen molar-refractivity contribution in [3.05, 3.63) is 48.6 Å². The fourth-order valence-electron chi connectivity index (χ4n) is 2.32. The highest BCUT2D eigenvalue weighted by molar-refractivity contribution is 5.78. The van der Waals surface area contributed by atoms with E-state index < -0.39 is 17.5 Å². The van der Waals surface area contributed by atoms with Crippen molar-refractivity contribution in [1.29, 1.82) is 0 Å². The van der Waals surface area contributed by atoms with Gasteiger partial charge in [0.1, 0.15) is 6.10 Å². The highest BCUT2D eigenvalue weighted by Crippen LogP contribution is 2.39. The number of esters is 1. The van der Waals surface area contributed by atoms with Crippen molar-refractivity contribution in [3.63, 3.8) is 0 Å². The zero-order chi connectivity index (χ0) is 13.2. The van der Waals surface area contributed by atoms with Gasteiger partial charge in [-0.3, -0.25) is 0 Å². The molecule has 3 atom stereocenters. The Bertz CT molecular complexity index is 440. The molecule has 0 aromatic heterocycles. The summed E-state index contributed by atoms with van der Waals surface area (Å²) in [6, 6.07) is 10.0. The smallest absolute Gasteiger partial charge is 0.336 e. The summed E-state index contributed by atoms with van der Waals surface area (Å²) in [6.45, 7) is 5.52. The van der Waals surface area contributed by atoms with Crippen molar-refractivity contribution in [2.45, 2.75) is 32.0 Å². The molecule has 0 amide bonds. The second-order valence-electron chi connectivity index (χ2n) is 4.92. The second-order valence-corrected chi connectivity index (χ2v) is 4.92. The van der Waals surface area contributed by atoms with Crippen LogP contribution in [0.15, 0.2) is 43.0 Å². The SMILES string of the molecule is C=C[C@]1(C)[C@@H](CCc2ccccc2)OC(=O)[C@@H]1O. The maximum absolute atomic E-state index is 11.5. The molecular formula is C15H18O3. The number of hydrogen-bond donors (Lipinski definition) is 1. The largest absolute Gasteiger partial charge is 0.459 e. The molecule has 3 nitrogen and oxygen atoms in total. The Morgan fingerprint density at radius 3 is 2.72 bits per heavy atom. The molecule has 1 saturated heterocycles. The first-order chi connectivity index (χ1) is 8.58. The van der Waals surface area contributed by atoms with Crippen LogP contribution in [0.5, 0.6) is 0 Å². The Morgan fingerprint density at radius 1 is 1.44 bits per heavy atom. The van der Waals surface area contributed by atoms with E-state index in [0.29, 0.717) is 6.42 Å². The molecule has 18 heavy (non-hydrogen) atoms. The third kappa shape index (κ3) is 2.18. The monoisotopic (exact) mass is 246 g/mol. The van der Waals surface area contributed by atoms with Gasteiger partial charge in [0, 0.05) is 0 Å². The van der Waals surface area contributed by atoms with Gasteiger partial charge >= 0.3 is 5.97 Å². The van der Waals surface area contributed by atoms with Crippen molar-refractivity contribution in [2.75, 3.05) is 0 Å². The fraction of sp³-hybridized carbons (Fsp3) is 0.400. The van der Waals surface area contributed by atoms with Gasteiger partial charge in [0.2, 0.25) is 0 Å². The van der Waals surface area contributed by atoms with Crippen LogP contribution in [0.3, 0.4) is 0 Å². The zero-order valence-electron chi connectivity index (χ0n) is 10.5. The van der Waals surface area contributed by atoms with E-state index >= 15 is 0 Å². The molecule has 0 aliphatic carbocycles. The molecule has 1 fully saturated rings. The lowest BCUT2D eigenvalue weighted by Crippen LogP contribution is -2.35. The first kappa shape index (κ1) is 12.8. The molecule has 0 unspecified atom stereocenters. The zero-order valence-corrected chi connectivity index (χ0v) is 10.5. The number of benzene rings is 1. The number of aliphatic hydroxyl groups excluding tert-OH is 1. The van der Waals surface area contributed by atoms with E-state index in [4.69, 9.17) is 4.74 Å². The summed E-state index contributed by atoms with van der Waals surface area (Å²) >= 11 is 0. The van der Waals surface area contributed by atoms with Gasteiger partial charge in [-0.15, -0.1) is 6.58 Å². The van der Waals surface area contributed by atoms with Gasteiger partial charge in [-0.2, -0.15) is 0 Å². The molecule has 0 spiro atoms. The van der Waals surface area contributed by atoms with Crippen LogP contribution in [0.25, 0.3) is 0 Å². The summed E-state index contributed by atoms with van der Waals surface area (Å²) in [5.41, 5.74) is 0.507. The predicted molar refractivity (Wildman–Crippen MR) is 69.0 cm³/mol. The van der Waals surface area contributed by atoms with Crippen molar-refractivity contribution in [2.24, 2.45) is 5.41 Å². The summed E-state index contributed by atoms with van der Waals surface area (Å²) in [7, 11) is 0. The van der Waals surface area contributed by atoms with Gasteiger partial charge in [0.05, 0.1) is 5.41 Å². The molecule has 0 bridgehead atoms. The molecule has 3 heteroatoms. The van der Waals surface area contributed by atoms with E-state index in [0.717, 1.165) is 6.42 Å². The number of aliphatic hydroxyl groups is 1. The minimum Gasteiger partial charge on any atom is -0.459 e. The van der Waals surface area contributed by atoms with Crippen molar-refractivity contribution >= 4 is 5.97 Å². The van der Waals surface area contributed by atoms with Crippen LogP contribution < -0.4 is 0 Å². The maximum Gasteiger partial charge on any atom is 0.336 e. The highest BCUT2D eigenvalue weighted by atomic mass is 16.6. The predicted octanol–water partition coefficient (Wildman–Crippen LogP) is 2.10. The Labute approximate surface area is 107 Å². The number of aryl methyl sites for hydroxylation is 1. The quantitative estimate of drug-likeness (QED) is 0.653. The summed E-state index contributed by atoms with van der Waals surface area (Å²) in [5.74, 6) is -0.546. The average molecular weight is 246 g/mol. The van der Waals surface area contributed by atoms with Crippen LogP contribution in [0, 0.1) is 5.41 Å². The van der Waals surface area contributed by atoms with Crippen LogP contribution in [-0.4, -0.2) is 23.3 Å². The fourth-order valence-corrected chi connectivity index (χ4v) is 2.32. The standard InChI is InChI=1S/C15H18O3/c1-3-15(2)12(18-14(17)13(15)16)10-9-11-7-5-4-6-8-11/h3-8,12-13,16H,1,9-10H2,2H3/t12-,13+,15-/m1/s1. The van der Waals surface area contributed by atoms with Crippen molar-refractivity contribution in [1.82, 2.24) is 0 Å². The van der Waals surface area contributed by atoms with Gasteiger partial charge in [-0.05, 0) is 25.3 Å². The summed E-state index contributed by atoms with van der Waals surface area (Å²) in [4.78, 5) is 11.5. The van der Waals surface area contributed by atoms with Gasteiger partial charge in [-0.25, -0.2) is 4.79 Å². The molecule has 1 aromatic rings. The van der Waals surface area contributed by atoms with Crippen LogP contribution in [-0.2, 0) is 16.0 Å². The van der Waals surface area contributed by atoms with E-state index in [9.17, 15) is 9.90 Å². The summed E-state index contributed by atoms with van der Waals surface area (Å²) in [6.07, 6.45) is 1.72. The molecular weight excluding hydrogens is 228 g/mol. The first-order valence-electron chi connectivity index (χ1n) is 6.14. The third-order valence-electron chi connectivity index (χ3n) is 3.74. The first-order valence-corrected chi connectivity index (χ1v) is 6.14. The average Bonchev–Trinajstić information content (AvgIpc) is 2.62. The summed E-state index contributed by atoms with van der Waals surface area (Å²) < 4.78 is 5.24. The van der Waals surface area contributed by atoms with E-state index in [-0.39, 0.29) is 6.10 Å². The molecule has 2 rings (SSSR count). The molecule has 1 heterocycles. The van der Waals surface area contributed by atoms with E-state index in [1.807, 2.05) is 37.3 Å². The van der Waals surface area contributed by atoms with Crippen LogP contribution >= 0.6 is 0 Å². The lowest BCUT2D eigenvalue weighted by atomic mass is 9.79. The van der Waals surface area contributed by atoms with E-state index in [2.05, 4.69) is 6.58 Å². The van der Waals surface area contributed by atoms with E-state index in [1.54, 1.807) is 6.08 Å². The summed E-state index contributed by atoms with van der Waals surface area (Å²) in [5, 5.41) is 9.84. The number of ether oxygens (including phenoxy) is 1. The normalized spacial score (nSPS) is 31.1. The number of hydrogen-bond acceptors (Lipinski definition) is 3.